The molecule has 1 aromatic carbocycles. The van der Waals surface area contributed by atoms with Crippen molar-refractivity contribution in [1.82, 2.24) is 19.5 Å². The van der Waals surface area contributed by atoms with Gasteiger partial charge in [-0.05, 0) is 43.4 Å². The highest BCUT2D eigenvalue weighted by Crippen LogP contribution is 2.31. The molecule has 0 bridgehead atoms. The first kappa shape index (κ1) is 21.3. The van der Waals surface area contributed by atoms with Gasteiger partial charge in [0.05, 0.1) is 23.1 Å². The number of hydrogen-bond acceptors (Lipinski definition) is 5. The van der Waals surface area contributed by atoms with E-state index < -0.39 is 9.84 Å². The Morgan fingerprint density at radius 2 is 1.94 bits per heavy atom. The summed E-state index contributed by atoms with van der Waals surface area (Å²) in [4.78, 5) is 32.1. The third-order valence-corrected chi connectivity index (χ3v) is 6.90. The molecule has 1 amide bonds. The maximum absolute atomic E-state index is 13.1. The van der Waals surface area contributed by atoms with Crippen LogP contribution in [0.1, 0.15) is 49.2 Å². The molecule has 3 aromatic rings. The number of carbonyl (C=O) groups is 1. The number of rotatable bonds is 5. The predicted octanol–water partition coefficient (Wildman–Crippen LogP) is 2.28. The van der Waals surface area contributed by atoms with E-state index >= 15 is 0 Å². The van der Waals surface area contributed by atoms with E-state index in [1.54, 1.807) is 12.1 Å². The molecule has 0 aliphatic carbocycles. The molecule has 0 spiro atoms. The Labute approximate surface area is 180 Å². The van der Waals surface area contributed by atoms with E-state index in [1.807, 2.05) is 17.9 Å². The Morgan fingerprint density at radius 1 is 1.19 bits per heavy atom. The van der Waals surface area contributed by atoms with Crippen LogP contribution in [0, 0.1) is 0 Å². The maximum atomic E-state index is 13.1. The van der Waals surface area contributed by atoms with Crippen molar-refractivity contribution >= 4 is 21.4 Å². The molecule has 2 aromatic heterocycles. The smallest absolute Gasteiger partial charge is 0.272 e. The highest BCUT2D eigenvalue weighted by Gasteiger charge is 2.29. The van der Waals surface area contributed by atoms with Gasteiger partial charge < -0.3 is 4.90 Å². The molecule has 1 fully saturated rings. The molecular weight excluding hydrogens is 416 g/mol. The molecule has 0 radical (unpaired) electrons. The zero-order valence-corrected chi connectivity index (χ0v) is 18.5. The summed E-state index contributed by atoms with van der Waals surface area (Å²) < 4.78 is 24.7. The molecule has 4 rings (SSSR count). The molecular formula is C22H26N4O4S. The third kappa shape index (κ3) is 4.41. The number of likely N-dealkylation sites (tertiary alicyclic amines) is 1. The molecule has 1 atom stereocenters. The van der Waals surface area contributed by atoms with Crippen LogP contribution in [0.15, 0.2) is 46.1 Å². The highest BCUT2D eigenvalue weighted by atomic mass is 32.2. The molecule has 164 valence electrons. The van der Waals surface area contributed by atoms with E-state index in [0.29, 0.717) is 18.6 Å². The number of aromatic nitrogens is 3. The summed E-state index contributed by atoms with van der Waals surface area (Å²) >= 11 is 0. The van der Waals surface area contributed by atoms with Gasteiger partial charge in [-0.3, -0.25) is 14.7 Å². The number of carbonyl (C=O) groups excluding carboxylic acids is 1. The summed E-state index contributed by atoms with van der Waals surface area (Å²) in [6, 6.07) is 9.68. The molecule has 9 heteroatoms. The number of fused-ring (bicyclic) bond motifs is 1. The lowest BCUT2D eigenvalue weighted by molar-refractivity contribution is -0.134. The minimum atomic E-state index is -3.27. The summed E-state index contributed by atoms with van der Waals surface area (Å²) in [5.41, 5.74) is 2.72. The number of benzene rings is 1. The predicted molar refractivity (Wildman–Crippen MR) is 117 cm³/mol. The fourth-order valence-electron chi connectivity index (χ4n) is 4.09. The van der Waals surface area contributed by atoms with E-state index in [0.717, 1.165) is 42.5 Å². The first-order valence-electron chi connectivity index (χ1n) is 10.5. The molecule has 1 aliphatic rings. The lowest BCUT2D eigenvalue weighted by atomic mass is 9.98. The van der Waals surface area contributed by atoms with Crippen molar-refractivity contribution < 1.29 is 13.2 Å². The Kier molecular flexibility index (Phi) is 5.70. The van der Waals surface area contributed by atoms with Crippen molar-refractivity contribution in [2.45, 2.75) is 50.0 Å². The molecule has 1 N–H and O–H groups in total. The molecule has 1 aliphatic heterocycles. The second-order valence-electron chi connectivity index (χ2n) is 8.04. The summed E-state index contributed by atoms with van der Waals surface area (Å²) in [5.74, 6) is -0.0231. The van der Waals surface area contributed by atoms with Crippen LogP contribution in [0.2, 0.25) is 0 Å². The molecule has 8 nitrogen and oxygen atoms in total. The number of nitrogens with one attached hydrogen (secondary N) is 1. The van der Waals surface area contributed by atoms with E-state index in [1.165, 1.54) is 22.7 Å². The Bertz CT molecular complexity index is 1280. The zero-order chi connectivity index (χ0) is 22.2. The van der Waals surface area contributed by atoms with Crippen molar-refractivity contribution in [3.05, 3.63) is 63.7 Å². The molecule has 3 heterocycles. The maximum Gasteiger partial charge on any atom is 0.272 e. The largest absolute Gasteiger partial charge is 0.334 e. The quantitative estimate of drug-likeness (QED) is 0.653. The standard InChI is InChI=1S/C22H26N4O4S/c1-3-16-13-22(28)26-20(23-16)14-18(24-26)19-6-4-5-11-25(19)21(27)12-15-7-9-17(10-8-15)31(2,29)30/h7-10,13-14,19,24H,3-6,11-12H2,1-2H3. The van der Waals surface area contributed by atoms with Crippen LogP contribution in [-0.2, 0) is 27.5 Å². The topological polar surface area (TPSA) is 105 Å². The van der Waals surface area contributed by atoms with Crippen LogP contribution in [0.25, 0.3) is 5.65 Å². The molecule has 31 heavy (non-hydrogen) atoms. The highest BCUT2D eigenvalue weighted by molar-refractivity contribution is 7.90. The van der Waals surface area contributed by atoms with Crippen LogP contribution >= 0.6 is 0 Å². The average Bonchev–Trinajstić information content (AvgIpc) is 3.18. The van der Waals surface area contributed by atoms with Crippen LogP contribution in [0.4, 0.5) is 0 Å². The summed E-state index contributed by atoms with van der Waals surface area (Å²) in [6.07, 6.45) is 4.76. The van der Waals surface area contributed by atoms with Gasteiger partial charge in [-0.2, -0.15) is 0 Å². The van der Waals surface area contributed by atoms with Gasteiger partial charge in [-0.15, -0.1) is 0 Å². The first-order valence-corrected chi connectivity index (χ1v) is 12.4. The second-order valence-corrected chi connectivity index (χ2v) is 10.1. The number of H-pyrrole nitrogens is 1. The fraction of sp³-hybridized carbons (Fsp3) is 0.409. The lowest BCUT2D eigenvalue weighted by Crippen LogP contribution is -2.39. The summed E-state index contributed by atoms with van der Waals surface area (Å²) in [5, 5.41) is 3.14. The number of sulfone groups is 1. The molecule has 1 unspecified atom stereocenters. The fourth-order valence-corrected chi connectivity index (χ4v) is 4.73. The van der Waals surface area contributed by atoms with Crippen molar-refractivity contribution in [1.29, 1.82) is 0 Å². The minimum absolute atomic E-state index is 0.0231. The third-order valence-electron chi connectivity index (χ3n) is 5.77. The first-order chi connectivity index (χ1) is 14.8. The van der Waals surface area contributed by atoms with Crippen LogP contribution in [0.3, 0.4) is 0 Å². The van der Waals surface area contributed by atoms with Gasteiger partial charge in [0.2, 0.25) is 5.91 Å². The minimum Gasteiger partial charge on any atom is -0.334 e. The molecule has 0 saturated carbocycles. The van der Waals surface area contributed by atoms with Gasteiger partial charge in [-0.25, -0.2) is 17.9 Å². The Balaban J connectivity index is 1.58. The van der Waals surface area contributed by atoms with Gasteiger partial charge in [0, 0.05) is 30.6 Å². The lowest BCUT2D eigenvalue weighted by Gasteiger charge is -2.35. The number of nitrogens with zero attached hydrogens (tertiary/aromatic N) is 3. The summed E-state index contributed by atoms with van der Waals surface area (Å²) in [6.45, 7) is 2.60. The van der Waals surface area contributed by atoms with Crippen molar-refractivity contribution in [2.75, 3.05) is 12.8 Å². The second kappa shape index (κ2) is 8.30. The number of amides is 1. The van der Waals surface area contributed by atoms with Gasteiger partial charge in [-0.1, -0.05) is 19.1 Å². The van der Waals surface area contributed by atoms with Crippen LogP contribution in [-0.4, -0.2) is 46.6 Å². The van der Waals surface area contributed by atoms with Crippen LogP contribution < -0.4 is 5.56 Å². The van der Waals surface area contributed by atoms with Crippen molar-refractivity contribution in [3.63, 3.8) is 0 Å². The van der Waals surface area contributed by atoms with E-state index in [9.17, 15) is 18.0 Å². The van der Waals surface area contributed by atoms with Crippen LogP contribution in [0.5, 0.6) is 0 Å². The van der Waals surface area contributed by atoms with Gasteiger partial charge in [0.1, 0.15) is 0 Å². The average molecular weight is 443 g/mol. The van der Waals surface area contributed by atoms with Gasteiger partial charge in [0.25, 0.3) is 5.56 Å². The van der Waals surface area contributed by atoms with E-state index in [-0.39, 0.29) is 28.8 Å². The monoisotopic (exact) mass is 442 g/mol. The molecule has 1 saturated heterocycles. The Morgan fingerprint density at radius 3 is 2.61 bits per heavy atom. The number of hydrogen-bond donors (Lipinski definition) is 1. The Hall–Kier alpha value is -2.94. The van der Waals surface area contributed by atoms with Gasteiger partial charge >= 0.3 is 0 Å². The summed E-state index contributed by atoms with van der Waals surface area (Å²) in [7, 11) is -3.27. The number of aryl methyl sites for hydroxylation is 1. The number of piperidine rings is 1. The number of aromatic amines is 1. The van der Waals surface area contributed by atoms with E-state index in [4.69, 9.17) is 0 Å². The van der Waals surface area contributed by atoms with Crippen molar-refractivity contribution in [2.24, 2.45) is 0 Å². The normalized spacial score (nSPS) is 17.2. The van der Waals surface area contributed by atoms with E-state index in [2.05, 4.69) is 10.1 Å². The van der Waals surface area contributed by atoms with Gasteiger partial charge in [0.15, 0.2) is 15.5 Å². The zero-order valence-electron chi connectivity index (χ0n) is 17.7. The van der Waals surface area contributed by atoms with Crippen molar-refractivity contribution in [3.8, 4) is 0 Å². The SMILES string of the molecule is CCc1cc(=O)n2[nH]c(C3CCCCN3C(=O)Cc3ccc(S(C)(=O)=O)cc3)cc2n1.